The minimum Gasteiger partial charge on any atom is -0.347 e. The van der Waals surface area contributed by atoms with Gasteiger partial charge < -0.3 is 10.6 Å². The van der Waals surface area contributed by atoms with Gasteiger partial charge in [0, 0.05) is 24.0 Å². The number of para-hydroxylation sites is 1. The van der Waals surface area contributed by atoms with Crippen LogP contribution in [0, 0.1) is 20.8 Å². The van der Waals surface area contributed by atoms with Gasteiger partial charge >= 0.3 is 0 Å². The first-order valence-electron chi connectivity index (χ1n) is 9.11. The SMILES string of the molecule is Cc1cccc(CNC(=O)c2cc(C(=O)Nc3c(C)cccc3C)ccn2)c1. The molecule has 1 aromatic heterocycles. The molecule has 3 rings (SSSR count). The molecular formula is C23H23N3O2. The number of nitrogens with one attached hydrogen (secondary N) is 2. The molecule has 0 fully saturated rings. The summed E-state index contributed by atoms with van der Waals surface area (Å²) < 4.78 is 0. The number of benzene rings is 2. The van der Waals surface area contributed by atoms with E-state index in [0.29, 0.717) is 12.1 Å². The third kappa shape index (κ3) is 4.62. The largest absolute Gasteiger partial charge is 0.347 e. The molecule has 3 aromatic rings. The van der Waals surface area contributed by atoms with Gasteiger partial charge in [-0.25, -0.2) is 0 Å². The number of hydrogen-bond acceptors (Lipinski definition) is 3. The van der Waals surface area contributed by atoms with Gasteiger partial charge in [-0.3, -0.25) is 14.6 Å². The molecule has 142 valence electrons. The highest BCUT2D eigenvalue weighted by Crippen LogP contribution is 2.20. The molecule has 0 aliphatic rings. The highest BCUT2D eigenvalue weighted by atomic mass is 16.2. The summed E-state index contributed by atoms with van der Waals surface area (Å²) >= 11 is 0. The van der Waals surface area contributed by atoms with E-state index in [0.717, 1.165) is 27.9 Å². The first-order valence-corrected chi connectivity index (χ1v) is 9.11. The van der Waals surface area contributed by atoms with Crippen LogP contribution in [0.25, 0.3) is 0 Å². The molecule has 0 unspecified atom stereocenters. The average Bonchev–Trinajstić information content (AvgIpc) is 2.69. The number of rotatable bonds is 5. The molecule has 5 heteroatoms. The number of pyridine rings is 1. The predicted molar refractivity (Wildman–Crippen MR) is 110 cm³/mol. The molecule has 0 aliphatic carbocycles. The van der Waals surface area contributed by atoms with E-state index in [9.17, 15) is 9.59 Å². The first-order chi connectivity index (χ1) is 13.4. The van der Waals surface area contributed by atoms with E-state index in [1.165, 1.54) is 12.3 Å². The minimum atomic E-state index is -0.316. The van der Waals surface area contributed by atoms with Crippen molar-refractivity contribution in [1.82, 2.24) is 10.3 Å². The van der Waals surface area contributed by atoms with Crippen LogP contribution in [-0.4, -0.2) is 16.8 Å². The quantitative estimate of drug-likeness (QED) is 0.704. The monoisotopic (exact) mass is 373 g/mol. The first kappa shape index (κ1) is 19.3. The van der Waals surface area contributed by atoms with Gasteiger partial charge in [0.05, 0.1) is 0 Å². The lowest BCUT2D eigenvalue weighted by atomic mass is 10.1. The molecule has 2 aromatic carbocycles. The average molecular weight is 373 g/mol. The van der Waals surface area contributed by atoms with Crippen LogP contribution in [0.5, 0.6) is 0 Å². The number of carbonyl (C=O) groups is 2. The maximum absolute atomic E-state index is 12.6. The maximum Gasteiger partial charge on any atom is 0.270 e. The van der Waals surface area contributed by atoms with E-state index in [1.807, 2.05) is 63.2 Å². The Morgan fingerprint density at radius 3 is 2.32 bits per heavy atom. The predicted octanol–water partition coefficient (Wildman–Crippen LogP) is 4.19. The highest BCUT2D eigenvalue weighted by Gasteiger charge is 2.13. The van der Waals surface area contributed by atoms with E-state index in [4.69, 9.17) is 0 Å². The Morgan fingerprint density at radius 1 is 0.893 bits per heavy atom. The van der Waals surface area contributed by atoms with Gasteiger partial charge in [-0.1, -0.05) is 48.0 Å². The van der Waals surface area contributed by atoms with E-state index in [2.05, 4.69) is 15.6 Å². The van der Waals surface area contributed by atoms with Crippen molar-refractivity contribution in [2.75, 3.05) is 5.32 Å². The molecule has 28 heavy (non-hydrogen) atoms. The molecule has 0 aliphatic heterocycles. The molecule has 0 saturated heterocycles. The summed E-state index contributed by atoms with van der Waals surface area (Å²) in [6.45, 7) is 6.30. The van der Waals surface area contributed by atoms with Crippen LogP contribution in [0.2, 0.25) is 0 Å². The standard InChI is InChI=1S/C23H23N3O2/c1-15-6-4-9-18(12-15)14-25-23(28)20-13-19(10-11-24-20)22(27)26-21-16(2)7-5-8-17(21)3/h4-13H,14H2,1-3H3,(H,25,28)(H,26,27). The molecule has 5 nitrogen and oxygen atoms in total. The summed E-state index contributed by atoms with van der Waals surface area (Å²) in [6.07, 6.45) is 1.47. The Bertz CT molecular complexity index is 1010. The van der Waals surface area contributed by atoms with Crippen LogP contribution in [0.4, 0.5) is 5.69 Å². The zero-order valence-electron chi connectivity index (χ0n) is 16.2. The van der Waals surface area contributed by atoms with Gasteiger partial charge in [-0.15, -0.1) is 0 Å². The van der Waals surface area contributed by atoms with Crippen LogP contribution in [0.15, 0.2) is 60.8 Å². The van der Waals surface area contributed by atoms with Gasteiger partial charge in [0.25, 0.3) is 11.8 Å². The van der Waals surface area contributed by atoms with Crippen molar-refractivity contribution < 1.29 is 9.59 Å². The zero-order valence-corrected chi connectivity index (χ0v) is 16.2. The lowest BCUT2D eigenvalue weighted by Gasteiger charge is -2.12. The second-order valence-electron chi connectivity index (χ2n) is 6.82. The van der Waals surface area contributed by atoms with Crippen LogP contribution in [-0.2, 0) is 6.54 Å². The van der Waals surface area contributed by atoms with Crippen molar-refractivity contribution in [1.29, 1.82) is 0 Å². The summed E-state index contributed by atoms with van der Waals surface area (Å²) in [5.41, 5.74) is 5.50. The van der Waals surface area contributed by atoms with Crippen LogP contribution in [0.1, 0.15) is 43.1 Å². The number of hydrogen-bond donors (Lipinski definition) is 2. The molecule has 2 N–H and O–H groups in total. The summed E-state index contributed by atoms with van der Waals surface area (Å²) in [5.74, 6) is -0.587. The lowest BCUT2D eigenvalue weighted by Crippen LogP contribution is -2.24. The Kier molecular flexibility index (Phi) is 5.84. The Balaban J connectivity index is 1.70. The van der Waals surface area contributed by atoms with E-state index >= 15 is 0 Å². The lowest BCUT2D eigenvalue weighted by molar-refractivity contribution is 0.0946. The number of aromatic nitrogens is 1. The fourth-order valence-corrected chi connectivity index (χ4v) is 2.99. The molecule has 0 bridgehead atoms. The summed E-state index contributed by atoms with van der Waals surface area (Å²) in [4.78, 5) is 29.2. The van der Waals surface area contributed by atoms with Crippen molar-refractivity contribution in [3.05, 3.63) is 94.3 Å². The molecule has 2 amide bonds. The second-order valence-corrected chi connectivity index (χ2v) is 6.82. The van der Waals surface area contributed by atoms with Crippen LogP contribution < -0.4 is 10.6 Å². The van der Waals surface area contributed by atoms with Gasteiger partial charge in [-0.2, -0.15) is 0 Å². The van der Waals surface area contributed by atoms with E-state index < -0.39 is 0 Å². The molecule has 0 radical (unpaired) electrons. The van der Waals surface area contributed by atoms with Gasteiger partial charge in [0.15, 0.2) is 0 Å². The smallest absolute Gasteiger partial charge is 0.270 e. The Morgan fingerprint density at radius 2 is 1.61 bits per heavy atom. The van der Waals surface area contributed by atoms with Crippen molar-refractivity contribution in [3.63, 3.8) is 0 Å². The third-order valence-electron chi connectivity index (χ3n) is 4.51. The number of aryl methyl sites for hydroxylation is 3. The number of anilines is 1. The Labute approximate surface area is 164 Å². The van der Waals surface area contributed by atoms with Crippen molar-refractivity contribution in [3.8, 4) is 0 Å². The zero-order chi connectivity index (χ0) is 20.1. The molecule has 0 saturated carbocycles. The molecule has 1 heterocycles. The maximum atomic E-state index is 12.6. The van der Waals surface area contributed by atoms with Crippen molar-refractivity contribution in [2.45, 2.75) is 27.3 Å². The highest BCUT2D eigenvalue weighted by molar-refractivity contribution is 6.06. The summed E-state index contributed by atoms with van der Waals surface area (Å²) in [5, 5.41) is 5.77. The third-order valence-corrected chi connectivity index (χ3v) is 4.51. The van der Waals surface area contributed by atoms with Gasteiger partial charge in [-0.05, 0) is 49.6 Å². The van der Waals surface area contributed by atoms with Crippen molar-refractivity contribution >= 4 is 17.5 Å². The Hall–Kier alpha value is -3.47. The molecule has 0 spiro atoms. The van der Waals surface area contributed by atoms with Crippen LogP contribution in [0.3, 0.4) is 0 Å². The summed E-state index contributed by atoms with van der Waals surface area (Å²) in [6, 6.07) is 16.9. The topological polar surface area (TPSA) is 71.1 Å². The van der Waals surface area contributed by atoms with Crippen molar-refractivity contribution in [2.24, 2.45) is 0 Å². The number of nitrogens with zero attached hydrogens (tertiary/aromatic N) is 1. The van der Waals surface area contributed by atoms with E-state index in [1.54, 1.807) is 6.07 Å². The minimum absolute atomic E-state index is 0.210. The van der Waals surface area contributed by atoms with E-state index in [-0.39, 0.29) is 17.5 Å². The normalized spacial score (nSPS) is 10.4. The summed E-state index contributed by atoms with van der Waals surface area (Å²) in [7, 11) is 0. The number of carbonyl (C=O) groups excluding carboxylic acids is 2. The molecular weight excluding hydrogens is 350 g/mol. The fraction of sp³-hybridized carbons (Fsp3) is 0.174. The van der Waals surface area contributed by atoms with Gasteiger partial charge in [0.1, 0.15) is 5.69 Å². The second kappa shape index (κ2) is 8.48. The van der Waals surface area contributed by atoms with Gasteiger partial charge in [0.2, 0.25) is 0 Å². The number of amides is 2. The fourth-order valence-electron chi connectivity index (χ4n) is 2.99. The molecule has 0 atom stereocenters. The van der Waals surface area contributed by atoms with Crippen LogP contribution >= 0.6 is 0 Å².